The second kappa shape index (κ2) is 6.48. The van der Waals surface area contributed by atoms with Crippen molar-refractivity contribution in [3.8, 4) is 6.07 Å². The summed E-state index contributed by atoms with van der Waals surface area (Å²) in [5, 5.41) is 8.50. The lowest BCUT2D eigenvalue weighted by molar-refractivity contribution is -0.146. The van der Waals surface area contributed by atoms with Crippen LogP contribution in [0.15, 0.2) is 22.8 Å². The molecule has 0 spiro atoms. The molecule has 0 saturated carbocycles. The maximum Gasteiger partial charge on any atom is 0.317 e. The number of rotatable bonds is 6. The Kier molecular flexibility index (Phi) is 4.95. The van der Waals surface area contributed by atoms with E-state index in [1.807, 2.05) is 6.07 Å². The third kappa shape index (κ3) is 3.45. The molecule has 0 aliphatic carbocycles. The highest BCUT2D eigenvalue weighted by molar-refractivity contribution is 6.07. The van der Waals surface area contributed by atoms with Crippen LogP contribution >= 0.6 is 0 Å². The second-order valence-corrected chi connectivity index (χ2v) is 3.34. The van der Waals surface area contributed by atoms with Crippen molar-refractivity contribution in [3.05, 3.63) is 24.2 Å². The molecule has 1 aromatic rings. The van der Waals surface area contributed by atoms with Crippen molar-refractivity contribution in [3.63, 3.8) is 0 Å². The van der Waals surface area contributed by atoms with Gasteiger partial charge >= 0.3 is 5.97 Å². The third-order valence-corrected chi connectivity index (χ3v) is 2.20. The van der Waals surface area contributed by atoms with Crippen molar-refractivity contribution < 1.29 is 18.7 Å². The molecule has 0 aliphatic rings. The fourth-order valence-corrected chi connectivity index (χ4v) is 1.40. The van der Waals surface area contributed by atoms with Gasteiger partial charge < -0.3 is 9.15 Å². The molecule has 1 aromatic heterocycles. The van der Waals surface area contributed by atoms with Crippen molar-refractivity contribution in [1.29, 1.82) is 5.26 Å². The summed E-state index contributed by atoms with van der Waals surface area (Å²) in [6.45, 7) is 1.87. The lowest BCUT2D eigenvalue weighted by atomic mass is 9.97. The van der Waals surface area contributed by atoms with E-state index in [1.165, 1.54) is 12.3 Å². The van der Waals surface area contributed by atoms with E-state index in [1.54, 1.807) is 13.0 Å². The first kappa shape index (κ1) is 13.0. The van der Waals surface area contributed by atoms with Crippen LogP contribution in [0.2, 0.25) is 0 Å². The summed E-state index contributed by atoms with van der Waals surface area (Å²) in [6, 6.07) is 4.96. The summed E-state index contributed by atoms with van der Waals surface area (Å²) in [6.07, 6.45) is 1.63. The van der Waals surface area contributed by atoms with Gasteiger partial charge in [-0.1, -0.05) is 0 Å². The van der Waals surface area contributed by atoms with Crippen molar-refractivity contribution in [2.24, 2.45) is 5.92 Å². The van der Waals surface area contributed by atoms with Gasteiger partial charge in [-0.05, 0) is 25.5 Å². The van der Waals surface area contributed by atoms with E-state index in [-0.39, 0.29) is 25.2 Å². The number of ketones is 1. The van der Waals surface area contributed by atoms with E-state index in [4.69, 9.17) is 14.4 Å². The number of furan rings is 1. The second-order valence-electron chi connectivity index (χ2n) is 3.34. The number of esters is 1. The predicted molar refractivity (Wildman–Crippen MR) is 58.0 cm³/mol. The molecule has 0 N–H and O–H groups in total. The standard InChI is InChI=1S/C12H13NO4/c1-2-16-12(15)9(5-3-7-13)11(14)10-6-4-8-17-10/h4,6,8-9H,2-3,5H2,1H3. The van der Waals surface area contributed by atoms with Gasteiger partial charge in [-0.25, -0.2) is 0 Å². The SMILES string of the molecule is CCOC(=O)C(CCC#N)C(=O)c1ccco1. The number of ether oxygens (including phenoxy) is 1. The molecule has 1 atom stereocenters. The molecular formula is C12H13NO4. The summed E-state index contributed by atoms with van der Waals surface area (Å²) in [7, 11) is 0. The molecule has 0 amide bonds. The van der Waals surface area contributed by atoms with E-state index in [9.17, 15) is 9.59 Å². The lowest BCUT2D eigenvalue weighted by Gasteiger charge is -2.11. The predicted octanol–water partition coefficient (Wildman–Crippen LogP) is 1.95. The molecule has 1 rings (SSSR count). The zero-order valence-electron chi connectivity index (χ0n) is 9.51. The molecule has 0 saturated heterocycles. The molecule has 0 aliphatic heterocycles. The first-order valence-corrected chi connectivity index (χ1v) is 5.32. The highest BCUT2D eigenvalue weighted by Crippen LogP contribution is 2.16. The molecule has 17 heavy (non-hydrogen) atoms. The molecule has 0 aromatic carbocycles. The van der Waals surface area contributed by atoms with Gasteiger partial charge in [0.25, 0.3) is 0 Å². The average Bonchev–Trinajstić information content (AvgIpc) is 2.83. The minimum Gasteiger partial charge on any atom is -0.465 e. The number of nitriles is 1. The highest BCUT2D eigenvalue weighted by atomic mass is 16.5. The quantitative estimate of drug-likeness (QED) is 0.427. The summed E-state index contributed by atoms with van der Waals surface area (Å²) in [4.78, 5) is 23.5. The number of hydrogen-bond acceptors (Lipinski definition) is 5. The minimum absolute atomic E-state index is 0.112. The Hall–Kier alpha value is -2.09. The first-order valence-electron chi connectivity index (χ1n) is 5.32. The van der Waals surface area contributed by atoms with Gasteiger partial charge in [-0.2, -0.15) is 5.26 Å². The Labute approximate surface area is 99.0 Å². The van der Waals surface area contributed by atoms with Crippen LogP contribution in [0, 0.1) is 17.2 Å². The van der Waals surface area contributed by atoms with Crippen LogP contribution in [-0.2, 0) is 9.53 Å². The Morgan fingerprint density at radius 2 is 2.35 bits per heavy atom. The number of Topliss-reactive ketones (excluding diaryl/α,β-unsaturated/α-hetero) is 1. The van der Waals surface area contributed by atoms with Crippen molar-refractivity contribution in [1.82, 2.24) is 0 Å². The molecule has 0 bridgehead atoms. The van der Waals surface area contributed by atoms with E-state index in [2.05, 4.69) is 0 Å². The average molecular weight is 235 g/mol. The van der Waals surface area contributed by atoms with Crippen LogP contribution in [0.25, 0.3) is 0 Å². The van der Waals surface area contributed by atoms with Gasteiger partial charge in [0, 0.05) is 6.42 Å². The van der Waals surface area contributed by atoms with Gasteiger partial charge in [0.05, 0.1) is 18.9 Å². The van der Waals surface area contributed by atoms with E-state index in [0.717, 1.165) is 0 Å². The van der Waals surface area contributed by atoms with Crippen LogP contribution in [0.1, 0.15) is 30.3 Å². The van der Waals surface area contributed by atoms with Gasteiger partial charge in [-0.3, -0.25) is 9.59 Å². The minimum atomic E-state index is -0.958. The van der Waals surface area contributed by atoms with Crippen molar-refractivity contribution in [2.75, 3.05) is 6.61 Å². The Bertz CT molecular complexity index is 416. The summed E-state index contributed by atoms with van der Waals surface area (Å²) < 4.78 is 9.75. The molecule has 5 heteroatoms. The molecule has 0 fully saturated rings. The van der Waals surface area contributed by atoms with Gasteiger partial charge in [0.15, 0.2) is 5.76 Å². The smallest absolute Gasteiger partial charge is 0.317 e. The molecule has 1 unspecified atom stereocenters. The first-order chi connectivity index (χ1) is 8.20. The van der Waals surface area contributed by atoms with Crippen LogP contribution in [-0.4, -0.2) is 18.4 Å². The van der Waals surface area contributed by atoms with Crippen LogP contribution in [0.4, 0.5) is 0 Å². The van der Waals surface area contributed by atoms with Crippen LogP contribution < -0.4 is 0 Å². The largest absolute Gasteiger partial charge is 0.465 e. The lowest BCUT2D eigenvalue weighted by Crippen LogP contribution is -2.26. The summed E-state index contributed by atoms with van der Waals surface area (Å²) in [5.41, 5.74) is 0. The Morgan fingerprint density at radius 3 is 2.88 bits per heavy atom. The molecular weight excluding hydrogens is 222 g/mol. The highest BCUT2D eigenvalue weighted by Gasteiger charge is 2.30. The molecule has 1 heterocycles. The van der Waals surface area contributed by atoms with Crippen LogP contribution in [0.5, 0.6) is 0 Å². The monoisotopic (exact) mass is 235 g/mol. The topological polar surface area (TPSA) is 80.3 Å². The van der Waals surface area contributed by atoms with E-state index >= 15 is 0 Å². The fourth-order valence-electron chi connectivity index (χ4n) is 1.40. The fraction of sp³-hybridized carbons (Fsp3) is 0.417. The number of nitrogens with zero attached hydrogens (tertiary/aromatic N) is 1. The van der Waals surface area contributed by atoms with Crippen molar-refractivity contribution >= 4 is 11.8 Å². The van der Waals surface area contributed by atoms with E-state index < -0.39 is 17.7 Å². The van der Waals surface area contributed by atoms with Gasteiger partial charge in [0.2, 0.25) is 5.78 Å². The van der Waals surface area contributed by atoms with E-state index in [0.29, 0.717) is 0 Å². The zero-order chi connectivity index (χ0) is 12.7. The van der Waals surface area contributed by atoms with Gasteiger partial charge in [0.1, 0.15) is 5.92 Å². The molecule has 5 nitrogen and oxygen atoms in total. The number of carbonyl (C=O) groups excluding carboxylic acids is 2. The normalized spacial score (nSPS) is 11.5. The van der Waals surface area contributed by atoms with Crippen molar-refractivity contribution in [2.45, 2.75) is 19.8 Å². The summed E-state index contributed by atoms with van der Waals surface area (Å²) in [5.74, 6) is -1.89. The number of carbonyl (C=O) groups is 2. The Balaban J connectivity index is 2.79. The number of hydrogen-bond donors (Lipinski definition) is 0. The maximum atomic E-state index is 11.9. The Morgan fingerprint density at radius 1 is 1.59 bits per heavy atom. The summed E-state index contributed by atoms with van der Waals surface area (Å²) >= 11 is 0. The molecule has 90 valence electrons. The zero-order valence-corrected chi connectivity index (χ0v) is 9.51. The van der Waals surface area contributed by atoms with Gasteiger partial charge in [-0.15, -0.1) is 0 Å². The third-order valence-electron chi connectivity index (χ3n) is 2.20. The van der Waals surface area contributed by atoms with Crippen LogP contribution in [0.3, 0.4) is 0 Å². The molecule has 0 radical (unpaired) electrons. The maximum absolute atomic E-state index is 11.9.